The summed E-state index contributed by atoms with van der Waals surface area (Å²) in [5, 5.41) is 4.87. The summed E-state index contributed by atoms with van der Waals surface area (Å²) < 4.78 is 44.1. The standard InChI is InChI=1S/C30H30N2O7S/c1-37-28(33)19-27(20-9-5-4-6-10-20)31-25-17-18-26(24-12-8-7-11-23(24)25)32-40(35,36)22-15-13-21(14-16-22)29(38-2)30(34)39-3/h4-18,27,29,31-32H,19H2,1-3H3/t27-,29-/m0/s1. The first kappa shape index (κ1) is 28.6. The predicted molar refractivity (Wildman–Crippen MR) is 152 cm³/mol. The molecule has 0 aromatic heterocycles. The van der Waals surface area contributed by atoms with Crippen LogP contribution in [0.5, 0.6) is 0 Å². The maximum Gasteiger partial charge on any atom is 0.339 e. The Kier molecular flexibility index (Phi) is 9.03. The van der Waals surface area contributed by atoms with Crippen molar-refractivity contribution in [2.45, 2.75) is 23.5 Å². The van der Waals surface area contributed by atoms with E-state index in [1.807, 2.05) is 54.6 Å². The average molecular weight is 563 g/mol. The van der Waals surface area contributed by atoms with Crippen LogP contribution < -0.4 is 10.0 Å². The minimum Gasteiger partial charge on any atom is -0.469 e. The van der Waals surface area contributed by atoms with Gasteiger partial charge in [-0.3, -0.25) is 9.52 Å². The number of rotatable bonds is 11. The molecule has 4 aromatic carbocycles. The van der Waals surface area contributed by atoms with Crippen molar-refractivity contribution in [3.63, 3.8) is 0 Å². The monoisotopic (exact) mass is 562 g/mol. The van der Waals surface area contributed by atoms with Gasteiger partial charge in [-0.2, -0.15) is 0 Å². The zero-order chi connectivity index (χ0) is 28.7. The molecule has 0 heterocycles. The van der Waals surface area contributed by atoms with Crippen LogP contribution in [-0.2, 0) is 33.8 Å². The molecule has 0 aliphatic heterocycles. The Morgan fingerprint density at radius 3 is 1.93 bits per heavy atom. The van der Waals surface area contributed by atoms with Crippen molar-refractivity contribution in [2.24, 2.45) is 0 Å². The highest BCUT2D eigenvalue weighted by molar-refractivity contribution is 7.92. The normalized spacial score (nSPS) is 12.8. The molecule has 0 radical (unpaired) electrons. The fraction of sp³-hybridized carbons (Fsp3) is 0.200. The molecular weight excluding hydrogens is 532 g/mol. The van der Waals surface area contributed by atoms with Crippen LogP contribution >= 0.6 is 0 Å². The summed E-state index contributed by atoms with van der Waals surface area (Å²) in [6.45, 7) is 0. The van der Waals surface area contributed by atoms with E-state index in [4.69, 9.17) is 14.2 Å². The Morgan fingerprint density at radius 2 is 1.32 bits per heavy atom. The summed E-state index contributed by atoms with van der Waals surface area (Å²) in [7, 11) is 0.00705. The SMILES string of the molecule is COC(=O)C[C@H](Nc1ccc(NS(=O)(=O)c2ccc([C@H](OC)C(=O)OC)cc2)c2ccccc12)c1ccccc1. The first-order chi connectivity index (χ1) is 19.3. The van der Waals surface area contributed by atoms with Crippen molar-refractivity contribution in [1.29, 1.82) is 0 Å². The van der Waals surface area contributed by atoms with Crippen molar-refractivity contribution in [2.75, 3.05) is 31.4 Å². The van der Waals surface area contributed by atoms with Gasteiger partial charge in [-0.15, -0.1) is 0 Å². The number of anilines is 2. The first-order valence-corrected chi connectivity index (χ1v) is 13.9. The van der Waals surface area contributed by atoms with Gasteiger partial charge < -0.3 is 19.5 Å². The quantitative estimate of drug-likeness (QED) is 0.239. The molecule has 208 valence electrons. The van der Waals surface area contributed by atoms with E-state index in [-0.39, 0.29) is 23.3 Å². The molecule has 0 saturated carbocycles. The number of benzene rings is 4. The van der Waals surface area contributed by atoms with E-state index in [1.165, 1.54) is 45.6 Å². The molecular formula is C30H30N2O7S. The molecule has 0 aliphatic rings. The number of carbonyl (C=O) groups excluding carboxylic acids is 2. The third kappa shape index (κ3) is 6.41. The van der Waals surface area contributed by atoms with Gasteiger partial charge in [0.2, 0.25) is 0 Å². The van der Waals surface area contributed by atoms with Crippen LogP contribution in [0.3, 0.4) is 0 Å². The van der Waals surface area contributed by atoms with Gasteiger partial charge in [0.25, 0.3) is 10.0 Å². The van der Waals surface area contributed by atoms with E-state index in [9.17, 15) is 18.0 Å². The van der Waals surface area contributed by atoms with E-state index < -0.39 is 22.1 Å². The molecule has 0 saturated heterocycles. The van der Waals surface area contributed by atoms with Crippen LogP contribution in [0, 0.1) is 0 Å². The molecule has 2 atom stereocenters. The van der Waals surface area contributed by atoms with Crippen molar-refractivity contribution in [3.8, 4) is 0 Å². The van der Waals surface area contributed by atoms with Crippen LogP contribution in [0.2, 0.25) is 0 Å². The van der Waals surface area contributed by atoms with Gasteiger partial charge in [-0.05, 0) is 35.4 Å². The Hall–Kier alpha value is -4.41. The van der Waals surface area contributed by atoms with Crippen LogP contribution in [-0.4, -0.2) is 41.7 Å². The maximum absolute atomic E-state index is 13.3. The fourth-order valence-corrected chi connectivity index (χ4v) is 5.47. The highest BCUT2D eigenvalue weighted by Gasteiger charge is 2.23. The highest BCUT2D eigenvalue weighted by Crippen LogP contribution is 2.34. The number of ether oxygens (including phenoxy) is 3. The molecule has 9 nitrogen and oxygen atoms in total. The molecule has 0 amide bonds. The van der Waals surface area contributed by atoms with Crippen LogP contribution in [0.15, 0.2) is 95.9 Å². The zero-order valence-electron chi connectivity index (χ0n) is 22.3. The lowest BCUT2D eigenvalue weighted by atomic mass is 10.0. The second kappa shape index (κ2) is 12.6. The number of hydrogen-bond acceptors (Lipinski definition) is 8. The molecule has 0 spiro atoms. The minimum absolute atomic E-state index is 0.0180. The number of methoxy groups -OCH3 is 3. The van der Waals surface area contributed by atoms with Gasteiger partial charge in [0.05, 0.1) is 37.3 Å². The van der Waals surface area contributed by atoms with Crippen molar-refractivity contribution < 1.29 is 32.2 Å². The molecule has 0 aliphatic carbocycles. The summed E-state index contributed by atoms with van der Waals surface area (Å²) in [6.07, 6.45) is -0.850. The van der Waals surface area contributed by atoms with Gasteiger partial charge in [0, 0.05) is 23.6 Å². The zero-order valence-corrected chi connectivity index (χ0v) is 23.1. The maximum atomic E-state index is 13.3. The van der Waals surface area contributed by atoms with Gasteiger partial charge in [0.1, 0.15) is 0 Å². The van der Waals surface area contributed by atoms with Gasteiger partial charge in [0.15, 0.2) is 6.10 Å². The Morgan fingerprint density at radius 1 is 0.725 bits per heavy atom. The molecule has 2 N–H and O–H groups in total. The minimum atomic E-state index is -3.97. The Balaban J connectivity index is 1.64. The molecule has 40 heavy (non-hydrogen) atoms. The van der Waals surface area contributed by atoms with Crippen LogP contribution in [0.1, 0.15) is 29.7 Å². The summed E-state index contributed by atoms with van der Waals surface area (Å²) in [5.41, 5.74) is 2.50. The summed E-state index contributed by atoms with van der Waals surface area (Å²) in [5.74, 6) is -0.943. The Bertz CT molecular complexity index is 1590. The summed E-state index contributed by atoms with van der Waals surface area (Å²) in [6, 6.07) is 25.8. The number of nitrogens with one attached hydrogen (secondary N) is 2. The van der Waals surface area contributed by atoms with E-state index >= 15 is 0 Å². The second-order valence-electron chi connectivity index (χ2n) is 8.91. The van der Waals surface area contributed by atoms with E-state index in [0.29, 0.717) is 16.6 Å². The number of sulfonamides is 1. The number of fused-ring (bicyclic) bond motifs is 1. The Labute approximate surface area is 233 Å². The summed E-state index contributed by atoms with van der Waals surface area (Å²) >= 11 is 0. The van der Waals surface area contributed by atoms with Crippen LogP contribution in [0.25, 0.3) is 10.8 Å². The topological polar surface area (TPSA) is 120 Å². The molecule has 4 aromatic rings. The van der Waals surface area contributed by atoms with Gasteiger partial charge in [-0.25, -0.2) is 13.2 Å². The second-order valence-corrected chi connectivity index (χ2v) is 10.6. The number of hydrogen-bond donors (Lipinski definition) is 2. The van der Waals surface area contributed by atoms with E-state index in [1.54, 1.807) is 12.1 Å². The average Bonchev–Trinajstić information content (AvgIpc) is 2.98. The first-order valence-electron chi connectivity index (χ1n) is 12.4. The molecule has 0 fully saturated rings. The van der Waals surface area contributed by atoms with Crippen molar-refractivity contribution >= 4 is 44.1 Å². The van der Waals surface area contributed by atoms with Crippen molar-refractivity contribution in [1.82, 2.24) is 0 Å². The van der Waals surface area contributed by atoms with E-state index in [0.717, 1.165) is 16.6 Å². The summed E-state index contributed by atoms with van der Waals surface area (Å²) in [4.78, 5) is 24.1. The lowest BCUT2D eigenvalue weighted by Gasteiger charge is -2.22. The smallest absolute Gasteiger partial charge is 0.339 e. The molecule has 0 unspecified atom stereocenters. The predicted octanol–water partition coefficient (Wildman–Crippen LogP) is 5.22. The molecule has 0 bridgehead atoms. The van der Waals surface area contributed by atoms with Gasteiger partial charge >= 0.3 is 11.9 Å². The number of esters is 2. The molecule has 10 heteroatoms. The highest BCUT2D eigenvalue weighted by atomic mass is 32.2. The van der Waals surface area contributed by atoms with Crippen LogP contribution in [0.4, 0.5) is 11.4 Å². The lowest BCUT2D eigenvalue weighted by Crippen LogP contribution is -2.17. The van der Waals surface area contributed by atoms with Gasteiger partial charge in [-0.1, -0.05) is 66.7 Å². The van der Waals surface area contributed by atoms with E-state index in [2.05, 4.69) is 10.0 Å². The number of carbonyl (C=O) groups is 2. The fourth-order valence-electron chi connectivity index (χ4n) is 4.39. The van der Waals surface area contributed by atoms with Crippen molar-refractivity contribution in [3.05, 3.63) is 102 Å². The lowest BCUT2D eigenvalue weighted by molar-refractivity contribution is -0.152. The molecule has 4 rings (SSSR count). The third-order valence-electron chi connectivity index (χ3n) is 6.44. The largest absolute Gasteiger partial charge is 0.469 e. The third-order valence-corrected chi connectivity index (χ3v) is 7.82.